The van der Waals surface area contributed by atoms with Gasteiger partial charge in [-0.05, 0) is 30.0 Å². The lowest BCUT2D eigenvalue weighted by Crippen LogP contribution is -2.37. The molecule has 0 spiro atoms. The maximum atomic E-state index is 11.6. The Kier molecular flexibility index (Phi) is 5.03. The first kappa shape index (κ1) is 14.8. The van der Waals surface area contributed by atoms with Gasteiger partial charge < -0.3 is 10.6 Å². The first-order valence-corrected chi connectivity index (χ1v) is 6.60. The summed E-state index contributed by atoms with van der Waals surface area (Å²) in [4.78, 5) is 11.6. The minimum atomic E-state index is -0.230. The van der Waals surface area contributed by atoms with Crippen LogP contribution in [0.15, 0.2) is 24.3 Å². The van der Waals surface area contributed by atoms with Crippen molar-refractivity contribution in [3.63, 3.8) is 0 Å². The summed E-state index contributed by atoms with van der Waals surface area (Å²) in [5.41, 5.74) is 2.14. The molecule has 0 aliphatic heterocycles. The minimum absolute atomic E-state index is 0.0412. The second-order valence-electron chi connectivity index (χ2n) is 5.48. The monoisotopic (exact) mass is 268 g/mol. The van der Waals surface area contributed by atoms with E-state index in [9.17, 15) is 4.79 Å². The number of carbonyl (C=O) groups is 1. The topological polar surface area (TPSA) is 41.1 Å². The van der Waals surface area contributed by atoms with Crippen LogP contribution in [0.5, 0.6) is 0 Å². The molecule has 1 rings (SSSR count). The molecule has 1 atom stereocenters. The fourth-order valence-electron chi connectivity index (χ4n) is 1.48. The molecule has 100 valence electrons. The number of hydrogen-bond acceptors (Lipinski definition) is 1. The third-order valence-electron chi connectivity index (χ3n) is 2.62. The van der Waals surface area contributed by atoms with Crippen LogP contribution in [0.3, 0.4) is 0 Å². The van der Waals surface area contributed by atoms with Gasteiger partial charge in [-0.25, -0.2) is 4.79 Å². The highest BCUT2D eigenvalue weighted by molar-refractivity contribution is 6.18. The first-order valence-electron chi connectivity index (χ1n) is 6.07. The lowest BCUT2D eigenvalue weighted by Gasteiger charge is -2.19. The number of anilines is 1. The van der Waals surface area contributed by atoms with Crippen LogP contribution in [-0.4, -0.2) is 18.0 Å². The summed E-state index contributed by atoms with van der Waals surface area (Å²) in [7, 11) is 0. The van der Waals surface area contributed by atoms with Crippen LogP contribution >= 0.6 is 11.6 Å². The minimum Gasteiger partial charge on any atom is -0.334 e. The predicted octanol–water partition coefficient (Wildman–Crippen LogP) is 3.73. The van der Waals surface area contributed by atoms with Gasteiger partial charge in [-0.3, -0.25) is 0 Å². The van der Waals surface area contributed by atoms with Gasteiger partial charge in [0, 0.05) is 17.6 Å². The van der Waals surface area contributed by atoms with Crippen molar-refractivity contribution < 1.29 is 4.79 Å². The van der Waals surface area contributed by atoms with Crippen molar-refractivity contribution in [3.8, 4) is 0 Å². The van der Waals surface area contributed by atoms with Crippen molar-refractivity contribution in [1.29, 1.82) is 0 Å². The Morgan fingerprint density at radius 2 is 1.83 bits per heavy atom. The molecule has 2 N–H and O–H groups in total. The highest BCUT2D eigenvalue weighted by Gasteiger charge is 2.13. The lowest BCUT2D eigenvalue weighted by atomic mass is 9.87. The van der Waals surface area contributed by atoms with Crippen LogP contribution in [0.1, 0.15) is 33.3 Å². The largest absolute Gasteiger partial charge is 0.334 e. The van der Waals surface area contributed by atoms with Crippen molar-refractivity contribution in [2.24, 2.45) is 0 Å². The number of carbonyl (C=O) groups excluding carboxylic acids is 1. The van der Waals surface area contributed by atoms with Gasteiger partial charge in [0.15, 0.2) is 0 Å². The molecule has 1 aromatic carbocycles. The van der Waals surface area contributed by atoms with Gasteiger partial charge in [-0.2, -0.15) is 0 Å². The molecule has 3 nitrogen and oxygen atoms in total. The lowest BCUT2D eigenvalue weighted by molar-refractivity contribution is 0.250. The molecule has 1 aromatic rings. The van der Waals surface area contributed by atoms with Gasteiger partial charge in [-0.1, -0.05) is 32.9 Å². The normalized spacial score (nSPS) is 12.9. The Morgan fingerprint density at radius 1 is 1.28 bits per heavy atom. The third kappa shape index (κ3) is 4.57. The second-order valence-corrected chi connectivity index (χ2v) is 5.79. The maximum absolute atomic E-state index is 11.6. The van der Waals surface area contributed by atoms with Crippen molar-refractivity contribution in [2.75, 3.05) is 11.2 Å². The molecule has 0 saturated carbocycles. The van der Waals surface area contributed by atoms with E-state index in [1.54, 1.807) is 0 Å². The molecular formula is C14H21ClN2O. The van der Waals surface area contributed by atoms with E-state index < -0.39 is 0 Å². The summed E-state index contributed by atoms with van der Waals surface area (Å²) >= 11 is 5.63. The summed E-state index contributed by atoms with van der Waals surface area (Å²) in [6, 6.07) is 7.60. The molecule has 0 heterocycles. The predicted molar refractivity (Wildman–Crippen MR) is 77.5 cm³/mol. The SMILES string of the molecule is C[C@@H](CCl)NC(=O)Nc1ccc(C(C)(C)C)cc1. The zero-order chi connectivity index (χ0) is 13.8. The number of rotatable bonds is 3. The van der Waals surface area contributed by atoms with Crippen molar-refractivity contribution in [1.82, 2.24) is 5.32 Å². The molecule has 4 heteroatoms. The molecule has 0 aliphatic rings. The first-order chi connectivity index (χ1) is 8.32. The molecule has 0 bridgehead atoms. The van der Waals surface area contributed by atoms with Gasteiger partial charge in [0.25, 0.3) is 0 Å². The zero-order valence-electron chi connectivity index (χ0n) is 11.4. The molecule has 0 unspecified atom stereocenters. The number of alkyl halides is 1. The number of urea groups is 1. The van der Waals surface area contributed by atoms with Crippen molar-refractivity contribution >= 4 is 23.3 Å². The van der Waals surface area contributed by atoms with Crippen LogP contribution in [0.4, 0.5) is 10.5 Å². The summed E-state index contributed by atoms with van der Waals surface area (Å²) in [5.74, 6) is 0.399. The molecule has 0 radical (unpaired) electrons. The van der Waals surface area contributed by atoms with Gasteiger partial charge >= 0.3 is 6.03 Å². The standard InChI is InChI=1S/C14H21ClN2O/c1-10(9-15)16-13(18)17-12-7-5-11(6-8-12)14(2,3)4/h5-8,10H,9H2,1-4H3,(H2,16,17,18)/t10-/m0/s1. The van der Waals surface area contributed by atoms with E-state index in [1.807, 2.05) is 31.2 Å². The van der Waals surface area contributed by atoms with Gasteiger partial charge in [0.2, 0.25) is 0 Å². The van der Waals surface area contributed by atoms with Crippen LogP contribution in [0.25, 0.3) is 0 Å². The van der Waals surface area contributed by atoms with E-state index in [2.05, 4.69) is 31.4 Å². The number of hydrogen-bond donors (Lipinski definition) is 2. The Balaban J connectivity index is 2.61. The number of benzene rings is 1. The third-order valence-corrected chi connectivity index (χ3v) is 3.08. The maximum Gasteiger partial charge on any atom is 0.319 e. The second kappa shape index (κ2) is 6.10. The fourth-order valence-corrected chi connectivity index (χ4v) is 1.56. The Hall–Kier alpha value is -1.22. The van der Waals surface area contributed by atoms with E-state index in [0.717, 1.165) is 5.69 Å². The number of nitrogens with one attached hydrogen (secondary N) is 2. The van der Waals surface area contributed by atoms with E-state index in [0.29, 0.717) is 5.88 Å². The van der Waals surface area contributed by atoms with Gasteiger partial charge in [0.1, 0.15) is 0 Å². The molecule has 2 amide bonds. The number of amides is 2. The van der Waals surface area contributed by atoms with Crippen molar-refractivity contribution in [2.45, 2.75) is 39.2 Å². The summed E-state index contributed by atoms with van der Waals surface area (Å²) in [5, 5.41) is 5.52. The quantitative estimate of drug-likeness (QED) is 0.806. The molecule has 0 fully saturated rings. The smallest absolute Gasteiger partial charge is 0.319 e. The molecule has 0 saturated heterocycles. The molecule has 18 heavy (non-hydrogen) atoms. The van der Waals surface area contributed by atoms with Crippen molar-refractivity contribution in [3.05, 3.63) is 29.8 Å². The highest BCUT2D eigenvalue weighted by Crippen LogP contribution is 2.23. The fraction of sp³-hybridized carbons (Fsp3) is 0.500. The highest BCUT2D eigenvalue weighted by atomic mass is 35.5. The van der Waals surface area contributed by atoms with E-state index in [4.69, 9.17) is 11.6 Å². The molecule has 0 aromatic heterocycles. The van der Waals surface area contributed by atoms with Crippen LogP contribution in [0, 0.1) is 0 Å². The molecular weight excluding hydrogens is 248 g/mol. The van der Waals surface area contributed by atoms with E-state index in [1.165, 1.54) is 5.56 Å². The Bertz CT molecular complexity index is 395. The molecule has 0 aliphatic carbocycles. The van der Waals surface area contributed by atoms with Gasteiger partial charge in [-0.15, -0.1) is 11.6 Å². The summed E-state index contributed by atoms with van der Waals surface area (Å²) in [6.07, 6.45) is 0. The number of halogens is 1. The summed E-state index contributed by atoms with van der Waals surface area (Å²) < 4.78 is 0. The average Bonchev–Trinajstić information content (AvgIpc) is 2.28. The Morgan fingerprint density at radius 3 is 2.28 bits per heavy atom. The average molecular weight is 269 g/mol. The summed E-state index contributed by atoms with van der Waals surface area (Å²) in [6.45, 7) is 8.33. The van der Waals surface area contributed by atoms with Crippen LogP contribution in [0.2, 0.25) is 0 Å². The van der Waals surface area contributed by atoms with Gasteiger partial charge in [0.05, 0.1) is 0 Å². The van der Waals surface area contributed by atoms with Crippen LogP contribution in [-0.2, 0) is 5.41 Å². The van der Waals surface area contributed by atoms with E-state index in [-0.39, 0.29) is 17.5 Å². The van der Waals surface area contributed by atoms with Crippen LogP contribution < -0.4 is 10.6 Å². The Labute approximate surface area is 114 Å². The zero-order valence-corrected chi connectivity index (χ0v) is 12.1. The van der Waals surface area contributed by atoms with E-state index >= 15 is 0 Å².